The summed E-state index contributed by atoms with van der Waals surface area (Å²) in [7, 11) is 2.20. The van der Waals surface area contributed by atoms with Crippen LogP contribution in [0, 0.1) is 17.0 Å². The van der Waals surface area contributed by atoms with Gasteiger partial charge in [-0.05, 0) is 13.0 Å². The predicted molar refractivity (Wildman–Crippen MR) is 65.1 cm³/mol. The van der Waals surface area contributed by atoms with Crippen LogP contribution in [0.1, 0.15) is 5.56 Å². The van der Waals surface area contributed by atoms with E-state index in [1.54, 1.807) is 0 Å². The molecule has 0 N–H and O–H groups in total. The van der Waals surface area contributed by atoms with Gasteiger partial charge in [0.2, 0.25) is 5.75 Å². The van der Waals surface area contributed by atoms with Crippen LogP contribution in [0.2, 0.25) is 0 Å². The molecular weight excluding hydrogens is 338 g/mol. The maximum atomic E-state index is 11.3. The molecule has 0 saturated heterocycles. The third kappa shape index (κ3) is 2.70. The van der Waals surface area contributed by atoms with Gasteiger partial charge in [-0.2, -0.15) is 0 Å². The van der Waals surface area contributed by atoms with Crippen LogP contribution < -0.4 is 4.74 Å². The molecule has 0 unspecified atom stereocenters. The number of halogens is 2. The van der Waals surface area contributed by atoms with Crippen LogP contribution in [-0.2, 0) is 9.05 Å². The topological polar surface area (TPSA) is 86.5 Å². The largest absolute Gasteiger partial charge is 0.489 e. The van der Waals surface area contributed by atoms with Gasteiger partial charge in [0.1, 0.15) is 4.90 Å². The van der Waals surface area contributed by atoms with Gasteiger partial charge >= 0.3 is 5.69 Å². The lowest BCUT2D eigenvalue weighted by Gasteiger charge is -2.09. The summed E-state index contributed by atoms with van der Waals surface area (Å²) < 4.78 is 27.6. The maximum Gasteiger partial charge on any atom is 0.316 e. The first-order valence-corrected chi connectivity index (χ1v) is 7.26. The van der Waals surface area contributed by atoms with E-state index in [-0.39, 0.29) is 15.8 Å². The summed E-state index contributed by atoms with van der Waals surface area (Å²) in [4.78, 5) is 9.74. The molecule has 0 atom stereocenters. The van der Waals surface area contributed by atoms with Crippen molar-refractivity contribution < 1.29 is 18.1 Å². The fourth-order valence-corrected chi connectivity index (χ4v) is 2.86. The molecule has 0 aromatic heterocycles. The third-order valence-corrected chi connectivity index (χ3v) is 4.21. The van der Waals surface area contributed by atoms with Crippen molar-refractivity contribution in [3.05, 3.63) is 26.2 Å². The highest BCUT2D eigenvalue weighted by atomic mass is 79.9. The van der Waals surface area contributed by atoms with Crippen LogP contribution in [0.25, 0.3) is 0 Å². The van der Waals surface area contributed by atoms with Crippen LogP contribution in [0.4, 0.5) is 5.69 Å². The van der Waals surface area contributed by atoms with Gasteiger partial charge in [0.15, 0.2) is 0 Å². The Balaban J connectivity index is 3.83. The third-order valence-electron chi connectivity index (χ3n) is 2.06. The van der Waals surface area contributed by atoms with E-state index in [0.717, 1.165) is 7.11 Å². The van der Waals surface area contributed by atoms with Crippen LogP contribution in [0.15, 0.2) is 15.4 Å². The van der Waals surface area contributed by atoms with E-state index in [1.807, 2.05) is 0 Å². The monoisotopic (exact) mass is 343 g/mol. The van der Waals surface area contributed by atoms with Crippen molar-refractivity contribution in [1.29, 1.82) is 0 Å². The van der Waals surface area contributed by atoms with Crippen molar-refractivity contribution in [2.24, 2.45) is 0 Å². The van der Waals surface area contributed by atoms with Crippen molar-refractivity contribution >= 4 is 41.4 Å². The fourth-order valence-electron chi connectivity index (χ4n) is 1.29. The van der Waals surface area contributed by atoms with Gasteiger partial charge in [0.05, 0.1) is 12.0 Å². The molecule has 0 bridgehead atoms. The highest BCUT2D eigenvalue weighted by molar-refractivity contribution is 9.10. The lowest BCUT2D eigenvalue weighted by molar-refractivity contribution is -0.386. The molecule has 0 amide bonds. The van der Waals surface area contributed by atoms with E-state index in [9.17, 15) is 18.5 Å². The number of ether oxygens (including phenoxy) is 1. The number of nitro groups is 1. The minimum Gasteiger partial charge on any atom is -0.489 e. The molecule has 0 radical (unpaired) electrons. The zero-order valence-electron chi connectivity index (χ0n) is 8.73. The molecule has 0 aliphatic heterocycles. The number of nitrogens with zero attached hydrogens (tertiary/aromatic N) is 1. The molecule has 17 heavy (non-hydrogen) atoms. The Kier molecular flexibility index (Phi) is 4.00. The minimum atomic E-state index is -4.13. The van der Waals surface area contributed by atoms with E-state index >= 15 is 0 Å². The van der Waals surface area contributed by atoms with E-state index in [0.29, 0.717) is 0 Å². The molecule has 0 spiro atoms. The van der Waals surface area contributed by atoms with Crippen LogP contribution in [0.5, 0.6) is 5.75 Å². The van der Waals surface area contributed by atoms with Crippen molar-refractivity contribution in [3.8, 4) is 5.75 Å². The lowest BCUT2D eigenvalue weighted by atomic mass is 10.2. The Bertz CT molecular complexity index is 586. The molecule has 6 nitrogen and oxygen atoms in total. The second-order valence-corrected chi connectivity index (χ2v) is 6.45. The van der Waals surface area contributed by atoms with E-state index in [2.05, 4.69) is 15.9 Å². The number of methoxy groups -OCH3 is 1. The van der Waals surface area contributed by atoms with Crippen LogP contribution in [-0.4, -0.2) is 20.5 Å². The summed E-state index contributed by atoms with van der Waals surface area (Å²) in [6.07, 6.45) is 0. The molecule has 0 heterocycles. The van der Waals surface area contributed by atoms with Gasteiger partial charge in [-0.25, -0.2) is 8.42 Å². The SMILES string of the molecule is COc1c(S(=O)(=O)Cl)cc(Br)c(C)c1[N+](=O)[O-]. The first kappa shape index (κ1) is 14.2. The molecule has 0 saturated carbocycles. The number of benzene rings is 1. The molecule has 9 heteroatoms. The maximum absolute atomic E-state index is 11.3. The van der Waals surface area contributed by atoms with Crippen LogP contribution >= 0.6 is 26.6 Å². The number of hydrogen-bond acceptors (Lipinski definition) is 5. The van der Waals surface area contributed by atoms with Crippen molar-refractivity contribution in [2.45, 2.75) is 11.8 Å². The zero-order valence-corrected chi connectivity index (χ0v) is 11.9. The first-order chi connectivity index (χ1) is 7.70. The molecule has 1 rings (SSSR count). The Hall–Kier alpha value is -0.860. The Morgan fingerprint density at radius 1 is 1.53 bits per heavy atom. The second-order valence-electron chi connectivity index (χ2n) is 3.06. The van der Waals surface area contributed by atoms with Crippen molar-refractivity contribution in [3.63, 3.8) is 0 Å². The van der Waals surface area contributed by atoms with E-state index < -0.39 is 24.6 Å². The van der Waals surface area contributed by atoms with Crippen molar-refractivity contribution in [1.82, 2.24) is 0 Å². The average molecular weight is 345 g/mol. The highest BCUT2D eigenvalue weighted by Gasteiger charge is 2.29. The van der Waals surface area contributed by atoms with Gasteiger partial charge in [0.25, 0.3) is 9.05 Å². The summed E-state index contributed by atoms with van der Waals surface area (Å²) in [5.74, 6) is -0.370. The second kappa shape index (κ2) is 4.79. The van der Waals surface area contributed by atoms with Gasteiger partial charge in [-0.1, -0.05) is 15.9 Å². The number of rotatable bonds is 3. The normalized spacial score (nSPS) is 11.3. The van der Waals surface area contributed by atoms with E-state index in [1.165, 1.54) is 13.0 Å². The predicted octanol–water partition coefficient (Wildman–Crippen LogP) is 2.60. The van der Waals surface area contributed by atoms with Gasteiger partial charge < -0.3 is 4.74 Å². The molecule has 1 aromatic rings. The molecular formula is C8H7BrClNO5S. The number of nitro benzene ring substituents is 1. The number of hydrogen-bond donors (Lipinski definition) is 0. The molecule has 0 aliphatic rings. The van der Waals surface area contributed by atoms with Gasteiger partial charge in [-0.15, -0.1) is 0 Å². The van der Waals surface area contributed by atoms with Crippen molar-refractivity contribution in [2.75, 3.05) is 7.11 Å². The summed E-state index contributed by atoms with van der Waals surface area (Å²) >= 11 is 3.04. The Morgan fingerprint density at radius 3 is 2.41 bits per heavy atom. The van der Waals surface area contributed by atoms with Gasteiger partial charge in [-0.3, -0.25) is 10.1 Å². The minimum absolute atomic E-state index is 0.260. The summed E-state index contributed by atoms with van der Waals surface area (Å²) in [5.41, 5.74) is -0.169. The first-order valence-electron chi connectivity index (χ1n) is 4.16. The quantitative estimate of drug-likeness (QED) is 0.478. The Labute approximate surface area is 110 Å². The zero-order chi connectivity index (χ0) is 13.4. The highest BCUT2D eigenvalue weighted by Crippen LogP contribution is 2.41. The fraction of sp³-hybridized carbons (Fsp3) is 0.250. The summed E-state index contributed by atoms with van der Waals surface area (Å²) in [6, 6.07) is 1.17. The summed E-state index contributed by atoms with van der Waals surface area (Å²) in [5, 5.41) is 10.9. The lowest BCUT2D eigenvalue weighted by Crippen LogP contribution is -2.03. The average Bonchev–Trinajstić information content (AvgIpc) is 2.18. The molecule has 1 aromatic carbocycles. The molecule has 0 fully saturated rings. The van der Waals surface area contributed by atoms with Crippen LogP contribution in [0.3, 0.4) is 0 Å². The van der Waals surface area contributed by atoms with E-state index in [4.69, 9.17) is 15.4 Å². The molecule has 94 valence electrons. The Morgan fingerprint density at radius 2 is 2.06 bits per heavy atom. The smallest absolute Gasteiger partial charge is 0.316 e. The summed E-state index contributed by atoms with van der Waals surface area (Å²) in [6.45, 7) is 1.47. The standard InChI is InChI=1S/C8H7BrClNO5S/c1-4-5(9)3-6(17(10,14)15)8(16-2)7(4)11(12)13/h3H,1-2H3. The van der Waals surface area contributed by atoms with Gasteiger partial charge in [0, 0.05) is 20.7 Å². The molecule has 0 aliphatic carbocycles.